The Morgan fingerprint density at radius 3 is 2.28 bits per heavy atom. The van der Waals surface area contributed by atoms with Crippen LogP contribution < -0.4 is 11.1 Å². The molecule has 0 radical (unpaired) electrons. The second kappa shape index (κ2) is 6.08. The van der Waals surface area contributed by atoms with E-state index in [4.69, 9.17) is 5.73 Å². The summed E-state index contributed by atoms with van der Waals surface area (Å²) in [6.07, 6.45) is 0. The van der Waals surface area contributed by atoms with E-state index >= 15 is 0 Å². The lowest BCUT2D eigenvalue weighted by atomic mass is 10.1. The first kappa shape index (κ1) is 16.7. The predicted octanol–water partition coefficient (Wildman–Crippen LogP) is 2.63. The van der Waals surface area contributed by atoms with E-state index < -0.39 is 16.0 Å². The van der Waals surface area contributed by atoms with Gasteiger partial charge in [0.2, 0.25) is 0 Å². The van der Waals surface area contributed by atoms with E-state index in [1.54, 1.807) is 24.3 Å². The van der Waals surface area contributed by atoms with E-state index in [0.717, 1.165) is 6.07 Å². The van der Waals surface area contributed by atoms with Crippen molar-refractivity contribution in [2.75, 3.05) is 11.1 Å². The monoisotopic (exact) mass is 358 g/mol. The van der Waals surface area contributed by atoms with Crippen LogP contribution in [0.25, 0.3) is 10.8 Å². The number of carbonyl (C=O) groups is 1. The van der Waals surface area contributed by atoms with Crippen molar-refractivity contribution in [1.29, 1.82) is 0 Å². The van der Waals surface area contributed by atoms with Crippen LogP contribution in [0.5, 0.6) is 5.75 Å². The van der Waals surface area contributed by atoms with Crippen molar-refractivity contribution < 1.29 is 22.9 Å². The molecule has 0 aliphatic carbocycles. The van der Waals surface area contributed by atoms with Crippen LogP contribution in [0.3, 0.4) is 0 Å². The van der Waals surface area contributed by atoms with Gasteiger partial charge in [-0.15, -0.1) is 0 Å². The molecule has 0 spiro atoms. The Morgan fingerprint density at radius 1 is 0.960 bits per heavy atom. The number of hydrogen-bond donors (Lipinski definition) is 4. The average molecular weight is 358 g/mol. The molecule has 0 bridgehead atoms. The van der Waals surface area contributed by atoms with E-state index in [2.05, 4.69) is 5.32 Å². The molecule has 8 heteroatoms. The fourth-order valence-electron chi connectivity index (χ4n) is 2.45. The topological polar surface area (TPSA) is 130 Å². The molecule has 3 aromatic carbocycles. The fourth-order valence-corrected chi connectivity index (χ4v) is 3.13. The first-order valence-corrected chi connectivity index (χ1v) is 8.60. The van der Waals surface area contributed by atoms with Gasteiger partial charge in [0.25, 0.3) is 16.0 Å². The van der Waals surface area contributed by atoms with Gasteiger partial charge in [-0.2, -0.15) is 8.42 Å². The molecule has 0 saturated carbocycles. The van der Waals surface area contributed by atoms with Crippen molar-refractivity contribution in [2.24, 2.45) is 0 Å². The normalized spacial score (nSPS) is 11.4. The zero-order valence-electron chi connectivity index (χ0n) is 12.8. The lowest BCUT2D eigenvalue weighted by molar-refractivity contribution is 0.102. The number of amides is 1. The number of fused-ring (bicyclic) bond motifs is 1. The Bertz CT molecular complexity index is 1080. The molecule has 0 aromatic heterocycles. The minimum Gasteiger partial charge on any atom is -0.507 e. The summed E-state index contributed by atoms with van der Waals surface area (Å²) in [5, 5.41) is 12.8. The number of anilines is 2. The highest BCUT2D eigenvalue weighted by molar-refractivity contribution is 7.86. The van der Waals surface area contributed by atoms with Crippen LogP contribution >= 0.6 is 0 Å². The van der Waals surface area contributed by atoms with Gasteiger partial charge in [-0.25, -0.2) is 0 Å². The van der Waals surface area contributed by atoms with Gasteiger partial charge in [0.1, 0.15) is 10.6 Å². The van der Waals surface area contributed by atoms with Crippen LogP contribution in [-0.4, -0.2) is 24.0 Å². The smallest absolute Gasteiger partial charge is 0.295 e. The highest BCUT2D eigenvalue weighted by atomic mass is 32.2. The quantitative estimate of drug-likeness (QED) is 0.421. The molecular weight excluding hydrogens is 344 g/mol. The van der Waals surface area contributed by atoms with Gasteiger partial charge >= 0.3 is 0 Å². The third kappa shape index (κ3) is 3.39. The molecule has 1 amide bonds. The Hall–Kier alpha value is -3.10. The van der Waals surface area contributed by atoms with Crippen molar-refractivity contribution in [3.8, 4) is 5.75 Å². The summed E-state index contributed by atoms with van der Waals surface area (Å²) < 4.78 is 32.4. The maximum absolute atomic E-state index is 12.2. The number of rotatable bonds is 3. The first-order valence-electron chi connectivity index (χ1n) is 7.16. The molecule has 5 N–H and O–H groups in total. The van der Waals surface area contributed by atoms with Gasteiger partial charge in [-0.05, 0) is 54.6 Å². The van der Waals surface area contributed by atoms with E-state index in [1.165, 1.54) is 24.3 Å². The number of hydrogen-bond acceptors (Lipinski definition) is 5. The number of phenols is 1. The van der Waals surface area contributed by atoms with Crippen LogP contribution in [-0.2, 0) is 10.1 Å². The maximum Gasteiger partial charge on any atom is 0.295 e. The lowest BCUT2D eigenvalue weighted by Crippen LogP contribution is -2.12. The minimum atomic E-state index is -4.49. The number of carbonyl (C=O) groups excluding carboxylic acids is 1. The number of benzene rings is 3. The Balaban J connectivity index is 2.03. The molecule has 25 heavy (non-hydrogen) atoms. The average Bonchev–Trinajstić information content (AvgIpc) is 2.54. The summed E-state index contributed by atoms with van der Waals surface area (Å²) in [5.74, 6) is -0.549. The molecule has 7 nitrogen and oxygen atoms in total. The summed E-state index contributed by atoms with van der Waals surface area (Å²) in [5.41, 5.74) is 6.79. The number of phenolic OH excluding ortho intramolecular Hbond substituents is 1. The summed E-state index contributed by atoms with van der Waals surface area (Å²) in [4.78, 5) is 11.9. The maximum atomic E-state index is 12.2. The van der Waals surface area contributed by atoms with Gasteiger partial charge in [0, 0.05) is 27.7 Å². The Morgan fingerprint density at radius 2 is 1.64 bits per heavy atom. The molecule has 3 aromatic rings. The van der Waals surface area contributed by atoms with Crippen molar-refractivity contribution in [3.63, 3.8) is 0 Å². The minimum absolute atomic E-state index is 0.0950. The van der Waals surface area contributed by atoms with E-state index in [0.29, 0.717) is 16.9 Å². The van der Waals surface area contributed by atoms with Crippen LogP contribution in [0.1, 0.15) is 10.4 Å². The molecule has 0 aliphatic heterocycles. The first-order chi connectivity index (χ1) is 11.8. The van der Waals surface area contributed by atoms with Gasteiger partial charge in [-0.3, -0.25) is 9.35 Å². The SMILES string of the molecule is Nc1ccc(C(=O)Nc2ccc3c(O)ccc(S(=O)(=O)O)c3c2)cc1. The van der Waals surface area contributed by atoms with Crippen molar-refractivity contribution in [1.82, 2.24) is 0 Å². The summed E-state index contributed by atoms with van der Waals surface area (Å²) >= 11 is 0. The van der Waals surface area contributed by atoms with E-state index in [9.17, 15) is 22.9 Å². The molecule has 0 aliphatic rings. The molecule has 128 valence electrons. The highest BCUT2D eigenvalue weighted by Gasteiger charge is 2.17. The predicted molar refractivity (Wildman–Crippen MR) is 94.2 cm³/mol. The summed E-state index contributed by atoms with van der Waals surface area (Å²) in [7, 11) is -4.49. The van der Waals surface area contributed by atoms with E-state index in [1.807, 2.05) is 0 Å². The van der Waals surface area contributed by atoms with Crippen molar-refractivity contribution >= 4 is 38.2 Å². The van der Waals surface area contributed by atoms with Crippen LogP contribution in [0.2, 0.25) is 0 Å². The lowest BCUT2D eigenvalue weighted by Gasteiger charge is -2.10. The second-order valence-electron chi connectivity index (χ2n) is 5.39. The van der Waals surface area contributed by atoms with Crippen molar-refractivity contribution in [3.05, 3.63) is 60.2 Å². The van der Waals surface area contributed by atoms with Gasteiger partial charge < -0.3 is 16.2 Å². The van der Waals surface area contributed by atoms with Crippen LogP contribution in [0.4, 0.5) is 11.4 Å². The van der Waals surface area contributed by atoms with Gasteiger partial charge in [0.05, 0.1) is 0 Å². The third-order valence-electron chi connectivity index (χ3n) is 3.66. The zero-order chi connectivity index (χ0) is 18.2. The highest BCUT2D eigenvalue weighted by Crippen LogP contribution is 2.32. The second-order valence-corrected chi connectivity index (χ2v) is 6.78. The summed E-state index contributed by atoms with van der Waals surface area (Å²) in [6.45, 7) is 0. The van der Waals surface area contributed by atoms with E-state index in [-0.39, 0.29) is 21.4 Å². The standard InChI is InChI=1S/C17H14N2O5S/c18-11-3-1-10(2-4-11)17(21)19-12-5-6-13-14(9-12)16(25(22,23)24)8-7-15(13)20/h1-9,20H,18H2,(H,19,21)(H,22,23,24). The molecule has 0 atom stereocenters. The molecule has 3 rings (SSSR count). The number of nitrogens with two attached hydrogens (primary N) is 1. The zero-order valence-corrected chi connectivity index (χ0v) is 13.6. The Labute approximate surface area is 143 Å². The number of aromatic hydroxyl groups is 1. The third-order valence-corrected chi connectivity index (χ3v) is 4.57. The van der Waals surface area contributed by atoms with Crippen LogP contribution in [0, 0.1) is 0 Å². The number of nitrogens with one attached hydrogen (secondary N) is 1. The van der Waals surface area contributed by atoms with Gasteiger partial charge in [0.15, 0.2) is 0 Å². The molecule has 0 heterocycles. The van der Waals surface area contributed by atoms with Crippen LogP contribution in [0.15, 0.2) is 59.5 Å². The molecule has 0 fully saturated rings. The fraction of sp³-hybridized carbons (Fsp3) is 0. The number of nitrogen functional groups attached to an aromatic ring is 1. The molecule has 0 saturated heterocycles. The van der Waals surface area contributed by atoms with Gasteiger partial charge in [-0.1, -0.05) is 0 Å². The Kier molecular flexibility index (Phi) is 4.07. The molecular formula is C17H14N2O5S. The molecule has 0 unspecified atom stereocenters. The van der Waals surface area contributed by atoms with Crippen molar-refractivity contribution in [2.45, 2.75) is 4.90 Å². The summed E-state index contributed by atoms with van der Waals surface area (Å²) in [6, 6.07) is 12.9. The largest absolute Gasteiger partial charge is 0.507 e.